The number of nitrogens with zero attached hydrogens (tertiary/aromatic N) is 2. The van der Waals surface area contributed by atoms with Crippen LogP contribution in [0.3, 0.4) is 0 Å². The van der Waals surface area contributed by atoms with Gasteiger partial charge in [0.15, 0.2) is 0 Å². The molecule has 0 saturated carbocycles. The molecular formula is C23H27FN4O5. The summed E-state index contributed by atoms with van der Waals surface area (Å²) in [4.78, 5) is 40.2. The highest BCUT2D eigenvalue weighted by Crippen LogP contribution is 2.26. The SMILES string of the molecule is COCCNC(=O)CN1CCN(c2ccc(NC(=O)c3ccc(F)cc3)cc2C(=O)O)CC1. The zero-order valence-electron chi connectivity index (χ0n) is 18.3. The average molecular weight is 458 g/mol. The topological polar surface area (TPSA) is 111 Å². The Balaban J connectivity index is 1.62. The molecule has 2 amide bonds. The molecule has 0 radical (unpaired) electrons. The van der Waals surface area contributed by atoms with E-state index in [1.165, 1.54) is 30.3 Å². The standard InChI is InChI=1S/C23H27FN4O5/c1-33-13-8-25-21(29)15-27-9-11-28(12-10-27)20-7-6-18(14-19(20)23(31)32)26-22(30)16-2-4-17(24)5-3-16/h2-7,14H,8-13,15H2,1H3,(H,25,29)(H,26,30)(H,31,32). The molecule has 0 bridgehead atoms. The predicted molar refractivity (Wildman–Crippen MR) is 121 cm³/mol. The molecule has 0 aromatic heterocycles. The number of methoxy groups -OCH3 is 1. The van der Waals surface area contributed by atoms with Gasteiger partial charge < -0.3 is 25.4 Å². The number of anilines is 2. The monoisotopic (exact) mass is 458 g/mol. The number of carbonyl (C=O) groups is 3. The van der Waals surface area contributed by atoms with Gasteiger partial charge in [-0.15, -0.1) is 0 Å². The molecule has 0 unspecified atom stereocenters. The molecule has 1 saturated heterocycles. The number of carboxylic acid groups (broad SMARTS) is 1. The van der Waals surface area contributed by atoms with Gasteiger partial charge in [0.25, 0.3) is 5.91 Å². The minimum Gasteiger partial charge on any atom is -0.478 e. The summed E-state index contributed by atoms with van der Waals surface area (Å²) < 4.78 is 18.0. The minimum absolute atomic E-state index is 0.0673. The zero-order valence-corrected chi connectivity index (χ0v) is 18.3. The van der Waals surface area contributed by atoms with Crippen LogP contribution >= 0.6 is 0 Å². The van der Waals surface area contributed by atoms with Crippen LogP contribution in [-0.4, -0.2) is 80.8 Å². The number of amides is 2. The Morgan fingerprint density at radius 1 is 1.06 bits per heavy atom. The van der Waals surface area contributed by atoms with Crippen LogP contribution in [0.25, 0.3) is 0 Å². The quantitative estimate of drug-likeness (QED) is 0.490. The minimum atomic E-state index is -1.11. The van der Waals surface area contributed by atoms with Crippen molar-refractivity contribution in [1.29, 1.82) is 0 Å². The number of carboxylic acids is 1. The summed E-state index contributed by atoms with van der Waals surface area (Å²) in [7, 11) is 1.57. The van der Waals surface area contributed by atoms with Crippen molar-refractivity contribution >= 4 is 29.2 Å². The summed E-state index contributed by atoms with van der Waals surface area (Å²) >= 11 is 0. The van der Waals surface area contributed by atoms with Gasteiger partial charge in [0, 0.05) is 51.1 Å². The van der Waals surface area contributed by atoms with E-state index in [2.05, 4.69) is 10.6 Å². The van der Waals surface area contributed by atoms with E-state index in [-0.39, 0.29) is 23.6 Å². The van der Waals surface area contributed by atoms with Crippen molar-refractivity contribution in [2.45, 2.75) is 0 Å². The first kappa shape index (κ1) is 24.1. The summed E-state index contributed by atoms with van der Waals surface area (Å²) in [5, 5.41) is 15.2. The summed E-state index contributed by atoms with van der Waals surface area (Å²) in [6.45, 7) is 3.54. The molecule has 3 rings (SSSR count). The Bertz CT molecular complexity index is 991. The average Bonchev–Trinajstić information content (AvgIpc) is 2.80. The normalized spacial score (nSPS) is 14.1. The van der Waals surface area contributed by atoms with Gasteiger partial charge in [-0.2, -0.15) is 0 Å². The number of nitrogens with one attached hydrogen (secondary N) is 2. The van der Waals surface area contributed by atoms with Crippen LogP contribution in [-0.2, 0) is 9.53 Å². The Kier molecular flexibility index (Phi) is 8.34. The van der Waals surface area contributed by atoms with Gasteiger partial charge in [-0.3, -0.25) is 14.5 Å². The number of benzene rings is 2. The van der Waals surface area contributed by atoms with E-state index in [4.69, 9.17) is 4.74 Å². The van der Waals surface area contributed by atoms with Gasteiger partial charge in [-0.1, -0.05) is 0 Å². The molecule has 3 N–H and O–H groups in total. The van der Waals surface area contributed by atoms with Crippen molar-refractivity contribution in [3.8, 4) is 0 Å². The third kappa shape index (κ3) is 6.74. The lowest BCUT2D eigenvalue weighted by Crippen LogP contribution is -2.50. The predicted octanol–water partition coefficient (Wildman–Crippen LogP) is 1.66. The molecule has 176 valence electrons. The van der Waals surface area contributed by atoms with Crippen LogP contribution in [0.15, 0.2) is 42.5 Å². The number of hydrogen-bond donors (Lipinski definition) is 3. The van der Waals surface area contributed by atoms with Gasteiger partial charge in [0.1, 0.15) is 5.82 Å². The van der Waals surface area contributed by atoms with E-state index in [9.17, 15) is 23.9 Å². The smallest absolute Gasteiger partial charge is 0.337 e. The lowest BCUT2D eigenvalue weighted by atomic mass is 10.1. The van der Waals surface area contributed by atoms with Crippen LogP contribution in [0, 0.1) is 5.82 Å². The fourth-order valence-corrected chi connectivity index (χ4v) is 3.56. The van der Waals surface area contributed by atoms with Crippen molar-refractivity contribution in [3.05, 3.63) is 59.4 Å². The highest BCUT2D eigenvalue weighted by Gasteiger charge is 2.23. The second-order valence-electron chi connectivity index (χ2n) is 7.60. The van der Waals surface area contributed by atoms with E-state index in [0.717, 1.165) is 0 Å². The lowest BCUT2D eigenvalue weighted by Gasteiger charge is -2.36. The van der Waals surface area contributed by atoms with Crippen LogP contribution in [0.1, 0.15) is 20.7 Å². The summed E-state index contributed by atoms with van der Waals surface area (Å²) in [5.74, 6) is -2.09. The number of ether oxygens (including phenoxy) is 1. The first-order valence-corrected chi connectivity index (χ1v) is 10.5. The van der Waals surface area contributed by atoms with Crippen molar-refractivity contribution in [2.24, 2.45) is 0 Å². The maximum atomic E-state index is 13.1. The summed E-state index contributed by atoms with van der Waals surface area (Å²) in [6.07, 6.45) is 0. The molecule has 1 aliphatic heterocycles. The van der Waals surface area contributed by atoms with Crippen molar-refractivity contribution in [1.82, 2.24) is 10.2 Å². The highest BCUT2D eigenvalue weighted by atomic mass is 19.1. The summed E-state index contributed by atoms with van der Waals surface area (Å²) in [5.41, 5.74) is 1.21. The van der Waals surface area contributed by atoms with Crippen LogP contribution in [0.5, 0.6) is 0 Å². The molecular weight excluding hydrogens is 431 g/mol. The number of aromatic carboxylic acids is 1. The second kappa shape index (κ2) is 11.4. The van der Waals surface area contributed by atoms with Crippen molar-refractivity contribution in [2.75, 3.05) is 63.2 Å². The molecule has 2 aromatic carbocycles. The van der Waals surface area contributed by atoms with Crippen molar-refractivity contribution in [3.63, 3.8) is 0 Å². The third-order valence-corrected chi connectivity index (χ3v) is 5.30. The van der Waals surface area contributed by atoms with Gasteiger partial charge >= 0.3 is 5.97 Å². The maximum absolute atomic E-state index is 13.1. The van der Waals surface area contributed by atoms with E-state index in [1.807, 2.05) is 9.80 Å². The number of halogens is 1. The fraction of sp³-hybridized carbons (Fsp3) is 0.348. The molecule has 9 nitrogen and oxygen atoms in total. The number of rotatable bonds is 9. The highest BCUT2D eigenvalue weighted by molar-refractivity contribution is 6.05. The molecule has 0 aliphatic carbocycles. The van der Waals surface area contributed by atoms with E-state index in [1.54, 1.807) is 19.2 Å². The Labute approximate surface area is 191 Å². The Morgan fingerprint density at radius 2 is 1.76 bits per heavy atom. The fourth-order valence-electron chi connectivity index (χ4n) is 3.56. The van der Waals surface area contributed by atoms with Crippen LogP contribution in [0.2, 0.25) is 0 Å². The maximum Gasteiger partial charge on any atom is 0.337 e. The molecule has 1 heterocycles. The Hall–Kier alpha value is -3.50. The summed E-state index contributed by atoms with van der Waals surface area (Å²) in [6, 6.07) is 9.79. The number of piperazine rings is 1. The molecule has 1 aliphatic rings. The van der Waals surface area contributed by atoms with Crippen LogP contribution in [0.4, 0.5) is 15.8 Å². The number of carbonyl (C=O) groups excluding carboxylic acids is 2. The first-order valence-electron chi connectivity index (χ1n) is 10.5. The van der Waals surface area contributed by atoms with Gasteiger partial charge in [0.2, 0.25) is 5.91 Å². The van der Waals surface area contributed by atoms with E-state index < -0.39 is 17.7 Å². The molecule has 33 heavy (non-hydrogen) atoms. The molecule has 0 spiro atoms. The van der Waals surface area contributed by atoms with E-state index >= 15 is 0 Å². The third-order valence-electron chi connectivity index (χ3n) is 5.30. The lowest BCUT2D eigenvalue weighted by molar-refractivity contribution is -0.122. The van der Waals surface area contributed by atoms with Crippen molar-refractivity contribution < 1.29 is 28.6 Å². The number of hydrogen-bond acceptors (Lipinski definition) is 6. The molecule has 1 fully saturated rings. The largest absolute Gasteiger partial charge is 0.478 e. The van der Waals surface area contributed by atoms with Gasteiger partial charge in [-0.25, -0.2) is 9.18 Å². The first-order chi connectivity index (χ1) is 15.9. The van der Waals surface area contributed by atoms with Gasteiger partial charge in [0.05, 0.1) is 24.4 Å². The zero-order chi connectivity index (χ0) is 23.8. The van der Waals surface area contributed by atoms with Crippen LogP contribution < -0.4 is 15.5 Å². The van der Waals surface area contributed by atoms with Gasteiger partial charge in [-0.05, 0) is 42.5 Å². The Morgan fingerprint density at radius 3 is 2.39 bits per heavy atom. The van der Waals surface area contributed by atoms with E-state index in [0.29, 0.717) is 50.7 Å². The molecule has 10 heteroatoms. The molecule has 0 atom stereocenters. The second-order valence-corrected chi connectivity index (χ2v) is 7.60. The molecule has 2 aromatic rings.